The number of pyridine rings is 1. The lowest BCUT2D eigenvalue weighted by Crippen LogP contribution is -2.25. The Balaban J connectivity index is 1.82. The van der Waals surface area contributed by atoms with Crippen LogP contribution < -0.4 is 11.1 Å². The van der Waals surface area contributed by atoms with Crippen molar-refractivity contribution in [2.45, 2.75) is 6.54 Å². The number of hydrogen-bond acceptors (Lipinski definition) is 5. The van der Waals surface area contributed by atoms with Gasteiger partial charge in [0.05, 0.1) is 0 Å². The van der Waals surface area contributed by atoms with Crippen LogP contribution in [0.25, 0.3) is 11.4 Å². The molecule has 0 aliphatic heterocycles. The van der Waals surface area contributed by atoms with Gasteiger partial charge in [-0.1, -0.05) is 11.2 Å². The van der Waals surface area contributed by atoms with Crippen LogP contribution in [0.1, 0.15) is 0 Å². The third-order valence-corrected chi connectivity index (χ3v) is 3.71. The molecule has 0 radical (unpaired) electrons. The summed E-state index contributed by atoms with van der Waals surface area (Å²) >= 11 is 2.16. The van der Waals surface area contributed by atoms with Crippen LogP contribution >= 0.6 is 22.6 Å². The number of hydrogen-bond donors (Lipinski definition) is 1. The second-order valence-corrected chi connectivity index (χ2v) is 5.90. The number of carbonyl (C=O) groups is 1. The van der Waals surface area contributed by atoms with Gasteiger partial charge in [0.25, 0.3) is 0 Å². The standard InChI is InChI=1S/C15H11IN4O3/c16-11-2-1-3-12(8-11)18-13(21)9-20-14(19-23-15(20)22)10-4-6-17-7-5-10/h1-8H,9H2,(H,18,21). The molecule has 3 aromatic rings. The van der Waals surface area contributed by atoms with E-state index in [9.17, 15) is 9.59 Å². The number of aromatic nitrogens is 3. The Morgan fingerprint density at radius 3 is 2.78 bits per heavy atom. The maximum absolute atomic E-state index is 12.2. The van der Waals surface area contributed by atoms with E-state index in [-0.39, 0.29) is 18.3 Å². The van der Waals surface area contributed by atoms with Gasteiger partial charge in [0.15, 0.2) is 5.82 Å². The van der Waals surface area contributed by atoms with Crippen molar-refractivity contribution in [3.63, 3.8) is 0 Å². The lowest BCUT2D eigenvalue weighted by Gasteiger charge is -2.07. The van der Waals surface area contributed by atoms with Crippen LogP contribution in [-0.2, 0) is 11.3 Å². The summed E-state index contributed by atoms with van der Waals surface area (Å²) in [6, 6.07) is 10.7. The summed E-state index contributed by atoms with van der Waals surface area (Å²) in [6.07, 6.45) is 3.15. The highest BCUT2D eigenvalue weighted by atomic mass is 127. The third-order valence-electron chi connectivity index (χ3n) is 3.03. The largest absolute Gasteiger partial charge is 0.442 e. The lowest BCUT2D eigenvalue weighted by atomic mass is 10.2. The number of nitrogens with one attached hydrogen (secondary N) is 1. The zero-order chi connectivity index (χ0) is 16.2. The van der Waals surface area contributed by atoms with E-state index in [1.54, 1.807) is 30.6 Å². The zero-order valence-electron chi connectivity index (χ0n) is 11.8. The third kappa shape index (κ3) is 3.65. The molecule has 0 unspecified atom stereocenters. The molecule has 0 atom stereocenters. The van der Waals surface area contributed by atoms with Crippen molar-refractivity contribution in [3.05, 3.63) is 62.9 Å². The van der Waals surface area contributed by atoms with Crippen LogP contribution in [0.3, 0.4) is 0 Å². The van der Waals surface area contributed by atoms with Gasteiger partial charge in [0, 0.05) is 27.2 Å². The Labute approximate surface area is 144 Å². The molecule has 7 nitrogen and oxygen atoms in total. The number of halogens is 1. The minimum atomic E-state index is -0.686. The summed E-state index contributed by atoms with van der Waals surface area (Å²) in [7, 11) is 0. The minimum absolute atomic E-state index is 0.189. The average Bonchev–Trinajstić information content (AvgIpc) is 2.89. The quantitative estimate of drug-likeness (QED) is 0.651. The molecular weight excluding hydrogens is 411 g/mol. The van der Waals surface area contributed by atoms with E-state index in [1.807, 2.05) is 18.2 Å². The number of benzene rings is 1. The minimum Gasteiger partial charge on any atom is -0.324 e. The van der Waals surface area contributed by atoms with Crippen LogP contribution in [0.5, 0.6) is 0 Å². The number of nitrogens with zero attached hydrogens (tertiary/aromatic N) is 3. The van der Waals surface area contributed by atoms with Crippen molar-refractivity contribution in [2.24, 2.45) is 0 Å². The van der Waals surface area contributed by atoms with Crippen molar-refractivity contribution in [1.29, 1.82) is 0 Å². The Bertz CT molecular complexity index is 889. The molecule has 0 saturated heterocycles. The predicted molar refractivity (Wildman–Crippen MR) is 91.8 cm³/mol. The van der Waals surface area contributed by atoms with Crippen LogP contribution in [0.15, 0.2) is 58.1 Å². The summed E-state index contributed by atoms with van der Waals surface area (Å²) in [6.45, 7) is -0.189. The van der Waals surface area contributed by atoms with E-state index >= 15 is 0 Å². The molecule has 0 aliphatic rings. The topological polar surface area (TPSA) is 90.0 Å². The Morgan fingerprint density at radius 2 is 2.04 bits per heavy atom. The number of anilines is 1. The molecule has 0 aliphatic carbocycles. The predicted octanol–water partition coefficient (Wildman–Crippen LogP) is 2.14. The number of carbonyl (C=O) groups excluding carboxylic acids is 1. The van der Waals surface area contributed by atoms with E-state index in [0.717, 1.165) is 3.57 Å². The van der Waals surface area contributed by atoms with Crippen LogP contribution in [0, 0.1) is 3.57 Å². The summed E-state index contributed by atoms with van der Waals surface area (Å²) in [4.78, 5) is 27.9. The first-order valence-electron chi connectivity index (χ1n) is 6.66. The zero-order valence-corrected chi connectivity index (χ0v) is 13.9. The van der Waals surface area contributed by atoms with Crippen molar-refractivity contribution in [2.75, 3.05) is 5.32 Å². The van der Waals surface area contributed by atoms with Crippen LogP contribution in [0.2, 0.25) is 0 Å². The summed E-state index contributed by atoms with van der Waals surface area (Å²) in [5.41, 5.74) is 1.31. The first-order chi connectivity index (χ1) is 11.1. The Morgan fingerprint density at radius 1 is 1.26 bits per heavy atom. The molecule has 2 aromatic heterocycles. The van der Waals surface area contributed by atoms with Crippen LogP contribution in [0.4, 0.5) is 5.69 Å². The molecular formula is C15H11IN4O3. The molecule has 116 valence electrons. The number of amides is 1. The van der Waals surface area contributed by atoms with E-state index in [0.29, 0.717) is 11.3 Å². The normalized spacial score (nSPS) is 10.5. The first-order valence-corrected chi connectivity index (χ1v) is 7.74. The first kappa shape index (κ1) is 15.4. The van der Waals surface area contributed by atoms with Gasteiger partial charge in [-0.3, -0.25) is 14.3 Å². The molecule has 23 heavy (non-hydrogen) atoms. The van der Waals surface area contributed by atoms with Gasteiger partial charge in [0.2, 0.25) is 5.91 Å². The monoisotopic (exact) mass is 422 g/mol. The fraction of sp³-hybridized carbons (Fsp3) is 0.0667. The van der Waals surface area contributed by atoms with Gasteiger partial charge in [-0.2, -0.15) is 0 Å². The highest BCUT2D eigenvalue weighted by Gasteiger charge is 2.15. The molecule has 0 bridgehead atoms. The fourth-order valence-corrected chi connectivity index (χ4v) is 2.57. The molecule has 1 aromatic carbocycles. The van der Waals surface area contributed by atoms with E-state index < -0.39 is 5.76 Å². The smallest absolute Gasteiger partial charge is 0.324 e. The number of rotatable bonds is 4. The van der Waals surface area contributed by atoms with E-state index in [2.05, 4.69) is 42.6 Å². The molecule has 3 rings (SSSR count). The molecule has 2 heterocycles. The van der Waals surface area contributed by atoms with E-state index in [1.165, 1.54) is 4.57 Å². The highest BCUT2D eigenvalue weighted by Crippen LogP contribution is 2.15. The molecule has 0 saturated carbocycles. The van der Waals surface area contributed by atoms with Crippen molar-refractivity contribution < 1.29 is 9.32 Å². The van der Waals surface area contributed by atoms with Gasteiger partial charge in [-0.15, -0.1) is 0 Å². The summed E-state index contributed by atoms with van der Waals surface area (Å²) < 4.78 is 6.86. The summed E-state index contributed by atoms with van der Waals surface area (Å²) in [5.74, 6) is -0.739. The van der Waals surface area contributed by atoms with E-state index in [4.69, 9.17) is 0 Å². The van der Waals surface area contributed by atoms with Gasteiger partial charge in [-0.25, -0.2) is 9.36 Å². The average molecular weight is 422 g/mol. The molecule has 0 fully saturated rings. The maximum Gasteiger partial charge on any atom is 0.442 e. The van der Waals surface area contributed by atoms with Crippen molar-refractivity contribution >= 4 is 34.2 Å². The Kier molecular flexibility index (Phi) is 4.51. The van der Waals surface area contributed by atoms with Gasteiger partial charge < -0.3 is 5.32 Å². The lowest BCUT2D eigenvalue weighted by molar-refractivity contribution is -0.116. The second-order valence-electron chi connectivity index (χ2n) is 4.65. The van der Waals surface area contributed by atoms with Gasteiger partial charge in [-0.05, 0) is 52.9 Å². The molecule has 0 spiro atoms. The van der Waals surface area contributed by atoms with Gasteiger partial charge >= 0.3 is 5.76 Å². The SMILES string of the molecule is O=C(Cn1c(-c2ccncc2)noc1=O)Nc1cccc(I)c1. The van der Waals surface area contributed by atoms with Crippen molar-refractivity contribution in [3.8, 4) is 11.4 Å². The second kappa shape index (κ2) is 6.73. The van der Waals surface area contributed by atoms with Gasteiger partial charge in [0.1, 0.15) is 6.54 Å². The molecule has 1 N–H and O–H groups in total. The van der Waals surface area contributed by atoms with Crippen LogP contribution in [-0.4, -0.2) is 20.6 Å². The molecule has 1 amide bonds. The highest BCUT2D eigenvalue weighted by molar-refractivity contribution is 14.1. The summed E-state index contributed by atoms with van der Waals surface area (Å²) in [5, 5.41) is 6.47. The molecule has 8 heteroatoms. The maximum atomic E-state index is 12.2. The fourth-order valence-electron chi connectivity index (χ4n) is 2.03. The van der Waals surface area contributed by atoms with Crippen molar-refractivity contribution in [1.82, 2.24) is 14.7 Å². The Hall–Kier alpha value is -2.49.